The summed E-state index contributed by atoms with van der Waals surface area (Å²) >= 11 is 0. The summed E-state index contributed by atoms with van der Waals surface area (Å²) in [4.78, 5) is 13.3. The number of ether oxygens (including phenoxy) is 2. The number of aromatic nitrogens is 2. The fraction of sp³-hybridized carbons (Fsp3) is 0.414. The highest BCUT2D eigenvalue weighted by Gasteiger charge is 2.41. The molecule has 1 aromatic carbocycles. The molecular formula is C29H31F2N3O3. The van der Waals surface area contributed by atoms with Gasteiger partial charge in [0.05, 0.1) is 30.3 Å². The molecule has 6 nitrogen and oxygen atoms in total. The van der Waals surface area contributed by atoms with Crippen LogP contribution in [-0.4, -0.2) is 35.0 Å². The summed E-state index contributed by atoms with van der Waals surface area (Å²) in [6, 6.07) is 9.31. The van der Waals surface area contributed by atoms with Crippen molar-refractivity contribution in [2.24, 2.45) is 11.8 Å². The highest BCUT2D eigenvalue weighted by molar-refractivity contribution is 6.02. The van der Waals surface area contributed by atoms with E-state index in [1.54, 1.807) is 29.0 Å². The first-order valence-corrected chi connectivity index (χ1v) is 12.3. The number of fused-ring (bicyclic) bond motifs is 1. The van der Waals surface area contributed by atoms with Crippen molar-refractivity contribution in [1.82, 2.24) is 9.61 Å². The first-order chi connectivity index (χ1) is 17.6. The van der Waals surface area contributed by atoms with Crippen molar-refractivity contribution in [3.05, 3.63) is 60.4 Å². The lowest BCUT2D eigenvalue weighted by atomic mass is 9.87. The Kier molecular flexibility index (Phi) is 7.35. The molecule has 194 valence electrons. The van der Waals surface area contributed by atoms with Crippen molar-refractivity contribution < 1.29 is 23.0 Å². The lowest BCUT2D eigenvalue weighted by Crippen LogP contribution is -2.14. The van der Waals surface area contributed by atoms with E-state index in [4.69, 9.17) is 9.47 Å². The number of carbonyl (C=O) groups excluding carboxylic acids is 1. The molecule has 2 unspecified atom stereocenters. The summed E-state index contributed by atoms with van der Waals surface area (Å²) in [6.45, 7) is 9.03. The van der Waals surface area contributed by atoms with Crippen molar-refractivity contribution in [2.45, 2.75) is 58.0 Å². The van der Waals surface area contributed by atoms with Gasteiger partial charge in [0, 0.05) is 18.2 Å². The number of rotatable bonds is 11. The fourth-order valence-corrected chi connectivity index (χ4v) is 4.55. The van der Waals surface area contributed by atoms with E-state index in [1.807, 2.05) is 32.9 Å². The van der Waals surface area contributed by atoms with E-state index in [2.05, 4.69) is 17.7 Å². The van der Waals surface area contributed by atoms with Crippen LogP contribution in [0.1, 0.15) is 56.0 Å². The van der Waals surface area contributed by atoms with Gasteiger partial charge in [0.2, 0.25) is 0 Å². The van der Waals surface area contributed by atoms with Crippen LogP contribution in [0.4, 0.5) is 8.78 Å². The molecule has 1 saturated carbocycles. The summed E-state index contributed by atoms with van der Waals surface area (Å²) in [5.41, 5.74) is 2.36. The summed E-state index contributed by atoms with van der Waals surface area (Å²) < 4.78 is 40.4. The number of hydrogen-bond donors (Lipinski definition) is 0. The Morgan fingerprint density at radius 1 is 1.38 bits per heavy atom. The zero-order valence-electron chi connectivity index (χ0n) is 21.5. The molecule has 1 aliphatic carbocycles. The number of nitriles is 1. The molecule has 0 saturated heterocycles. The number of hydrogen-bond acceptors (Lipinski definition) is 5. The monoisotopic (exact) mass is 507 g/mol. The zero-order valence-corrected chi connectivity index (χ0v) is 21.5. The second-order valence-corrected chi connectivity index (χ2v) is 10.2. The summed E-state index contributed by atoms with van der Waals surface area (Å²) in [6.07, 6.45) is 3.06. The molecule has 1 fully saturated rings. The Morgan fingerprint density at radius 2 is 2.08 bits per heavy atom. The Hall–Kier alpha value is -3.73. The van der Waals surface area contributed by atoms with Crippen LogP contribution >= 0.6 is 0 Å². The van der Waals surface area contributed by atoms with Crippen LogP contribution in [0, 0.1) is 23.2 Å². The van der Waals surface area contributed by atoms with Gasteiger partial charge in [0.1, 0.15) is 23.2 Å². The number of pyridine rings is 1. The van der Waals surface area contributed by atoms with Gasteiger partial charge in [-0.2, -0.15) is 14.8 Å². The maximum Gasteiger partial charge on any atom is 0.257 e. The van der Waals surface area contributed by atoms with E-state index >= 15 is 0 Å². The smallest absolute Gasteiger partial charge is 0.257 e. The van der Waals surface area contributed by atoms with Gasteiger partial charge >= 0.3 is 0 Å². The SMILES string of the molecule is C=CC(F)Oc1cc(-c2cnn3cc(C(C)(C)C#N)ccc23)cc(OC)c1C(=O)CCC(C)[C@@H]1C[C@@H]1F. The first-order valence-electron chi connectivity index (χ1n) is 12.3. The van der Waals surface area contributed by atoms with Crippen LogP contribution in [0.25, 0.3) is 16.6 Å². The molecule has 1 aliphatic rings. The standard InChI is InChI=1S/C29H31F2N3O3/c1-6-27(31)37-26-12-18(21-14-33-34-15-19(8-9-23(21)34)29(3,4)16-32)11-25(36-5)28(26)24(35)10-7-17(2)20-13-22(20)30/h6,8-9,11-12,14-15,17,20,22,27H,1,7,10,13H2,2-5H3/t17?,20-,22-,27?/m0/s1. The van der Waals surface area contributed by atoms with E-state index in [9.17, 15) is 18.8 Å². The van der Waals surface area contributed by atoms with Gasteiger partial charge in [-0.15, -0.1) is 0 Å². The van der Waals surface area contributed by atoms with Gasteiger partial charge in [0.25, 0.3) is 6.36 Å². The maximum absolute atomic E-state index is 14.3. The highest BCUT2D eigenvalue weighted by Crippen LogP contribution is 2.43. The average Bonchev–Trinajstić information content (AvgIpc) is 3.48. The van der Waals surface area contributed by atoms with Crippen molar-refractivity contribution in [1.29, 1.82) is 5.26 Å². The van der Waals surface area contributed by atoms with Gasteiger partial charge in [-0.25, -0.2) is 8.91 Å². The topological polar surface area (TPSA) is 76.6 Å². The largest absolute Gasteiger partial charge is 0.496 e. The molecule has 4 atom stereocenters. The summed E-state index contributed by atoms with van der Waals surface area (Å²) in [7, 11) is 1.44. The Labute approximate surface area is 215 Å². The van der Waals surface area contributed by atoms with Crippen molar-refractivity contribution >= 4 is 11.3 Å². The van der Waals surface area contributed by atoms with Crippen LogP contribution in [0.15, 0.2) is 49.3 Å². The minimum atomic E-state index is -1.83. The van der Waals surface area contributed by atoms with Gasteiger partial charge in [0.15, 0.2) is 5.78 Å². The van der Waals surface area contributed by atoms with E-state index < -0.39 is 17.9 Å². The van der Waals surface area contributed by atoms with Crippen molar-refractivity contribution in [3.8, 4) is 28.7 Å². The number of nitrogens with zero attached hydrogens (tertiary/aromatic N) is 3. The van der Waals surface area contributed by atoms with Crippen LogP contribution in [0.5, 0.6) is 11.5 Å². The van der Waals surface area contributed by atoms with Crippen molar-refractivity contribution in [3.63, 3.8) is 0 Å². The molecule has 0 amide bonds. The molecule has 8 heteroatoms. The lowest BCUT2D eigenvalue weighted by Gasteiger charge is -2.18. The third kappa shape index (κ3) is 5.36. The second kappa shape index (κ2) is 10.3. The number of carbonyl (C=O) groups is 1. The van der Waals surface area contributed by atoms with Crippen LogP contribution in [0.2, 0.25) is 0 Å². The van der Waals surface area contributed by atoms with E-state index in [1.165, 1.54) is 7.11 Å². The molecule has 0 aliphatic heterocycles. The van der Waals surface area contributed by atoms with Crippen LogP contribution in [0.3, 0.4) is 0 Å². The minimum absolute atomic E-state index is 0.00125. The third-order valence-electron chi connectivity index (χ3n) is 7.13. The quantitative estimate of drug-likeness (QED) is 0.215. The van der Waals surface area contributed by atoms with E-state index in [0.29, 0.717) is 24.0 Å². The highest BCUT2D eigenvalue weighted by atomic mass is 19.1. The summed E-state index contributed by atoms with van der Waals surface area (Å²) in [5.74, 6) is 0.0957. The molecule has 4 rings (SSSR count). The first kappa shape index (κ1) is 26.3. The molecule has 2 aromatic heterocycles. The molecule has 0 radical (unpaired) electrons. The Balaban J connectivity index is 1.73. The number of Topliss-reactive ketones (excluding diaryl/α,β-unsaturated/α-hetero) is 1. The van der Waals surface area contributed by atoms with Crippen LogP contribution in [-0.2, 0) is 5.41 Å². The normalized spacial score (nSPS) is 18.6. The maximum atomic E-state index is 14.3. The molecule has 0 spiro atoms. The van der Waals surface area contributed by atoms with Gasteiger partial charge in [-0.3, -0.25) is 4.79 Å². The molecule has 2 heterocycles. The average molecular weight is 508 g/mol. The molecule has 3 aromatic rings. The lowest BCUT2D eigenvalue weighted by molar-refractivity contribution is 0.0935. The third-order valence-corrected chi connectivity index (χ3v) is 7.13. The van der Waals surface area contributed by atoms with Crippen molar-refractivity contribution in [2.75, 3.05) is 7.11 Å². The molecule has 0 N–H and O–H groups in total. The number of ketones is 1. The minimum Gasteiger partial charge on any atom is -0.496 e. The zero-order chi connectivity index (χ0) is 26.9. The Bertz CT molecular complexity index is 1370. The van der Waals surface area contributed by atoms with Gasteiger partial charge in [-0.1, -0.05) is 19.6 Å². The second-order valence-electron chi connectivity index (χ2n) is 10.2. The fourth-order valence-electron chi connectivity index (χ4n) is 4.55. The van der Waals surface area contributed by atoms with E-state index in [-0.39, 0.29) is 41.1 Å². The van der Waals surface area contributed by atoms with Crippen LogP contribution < -0.4 is 9.47 Å². The predicted octanol–water partition coefficient (Wildman–Crippen LogP) is 6.63. The Morgan fingerprint density at radius 3 is 2.70 bits per heavy atom. The number of benzene rings is 1. The molecule has 37 heavy (non-hydrogen) atoms. The van der Waals surface area contributed by atoms with Gasteiger partial charge in [-0.05, 0) is 73.9 Å². The number of methoxy groups -OCH3 is 1. The summed E-state index contributed by atoms with van der Waals surface area (Å²) in [5, 5.41) is 13.9. The van der Waals surface area contributed by atoms with Gasteiger partial charge < -0.3 is 9.47 Å². The molecule has 0 bridgehead atoms. The number of halogens is 2. The predicted molar refractivity (Wildman–Crippen MR) is 137 cm³/mol. The molecular weight excluding hydrogens is 476 g/mol. The van der Waals surface area contributed by atoms with E-state index in [0.717, 1.165) is 17.2 Å². The number of alkyl halides is 2.